The molecule has 1 aliphatic heterocycles. The Labute approximate surface area is 91.1 Å². The van der Waals surface area contributed by atoms with Crippen LogP contribution in [0.5, 0.6) is 0 Å². The van der Waals surface area contributed by atoms with E-state index in [1.165, 1.54) is 19.3 Å². The van der Waals surface area contributed by atoms with Crippen molar-refractivity contribution in [1.82, 2.24) is 20.1 Å². The van der Waals surface area contributed by atoms with E-state index in [1.54, 1.807) is 0 Å². The van der Waals surface area contributed by atoms with Crippen LogP contribution >= 0.6 is 0 Å². The van der Waals surface area contributed by atoms with E-state index >= 15 is 0 Å². The number of fused-ring (bicyclic) bond motifs is 1. The molecule has 0 saturated heterocycles. The second-order valence-corrected chi connectivity index (χ2v) is 4.78. The summed E-state index contributed by atoms with van der Waals surface area (Å²) in [6, 6.07) is 0. The Kier molecular flexibility index (Phi) is 2.78. The minimum Gasteiger partial charge on any atom is -0.313 e. The van der Waals surface area contributed by atoms with E-state index in [2.05, 4.69) is 33.9 Å². The van der Waals surface area contributed by atoms with Crippen molar-refractivity contribution < 1.29 is 0 Å². The van der Waals surface area contributed by atoms with Gasteiger partial charge in [0.2, 0.25) is 0 Å². The molecule has 0 amide bonds. The molecule has 4 heteroatoms. The van der Waals surface area contributed by atoms with Crippen molar-refractivity contribution in [2.24, 2.45) is 0 Å². The Morgan fingerprint density at radius 1 is 1.20 bits per heavy atom. The lowest BCUT2D eigenvalue weighted by atomic mass is 10.1. The molecule has 0 fully saturated rings. The molecular weight excluding hydrogens is 188 g/mol. The summed E-state index contributed by atoms with van der Waals surface area (Å²) < 4.78 is 2.30. The van der Waals surface area contributed by atoms with Crippen molar-refractivity contribution in [3.8, 4) is 0 Å². The highest BCUT2D eigenvalue weighted by Crippen LogP contribution is 2.22. The number of hydrogen-bond acceptors (Lipinski definition) is 3. The third kappa shape index (κ3) is 1.91. The molecule has 1 N–H and O–H groups in total. The van der Waals surface area contributed by atoms with Gasteiger partial charge in [0, 0.05) is 13.0 Å². The fraction of sp³-hybridized carbons (Fsp3) is 0.818. The lowest BCUT2D eigenvalue weighted by molar-refractivity contribution is 0.391. The van der Waals surface area contributed by atoms with E-state index < -0.39 is 0 Å². The molecule has 15 heavy (non-hydrogen) atoms. The standard InChI is InChI=1S/C11H20N4/c1-11(2,12-3)10-14-13-9-7-5-4-6-8-15(9)10/h12H,4-8H2,1-3H3. The molecule has 0 atom stereocenters. The molecule has 0 saturated carbocycles. The van der Waals surface area contributed by atoms with Gasteiger partial charge in [-0.15, -0.1) is 10.2 Å². The first-order valence-corrected chi connectivity index (χ1v) is 5.76. The minimum atomic E-state index is -0.0877. The Morgan fingerprint density at radius 3 is 2.73 bits per heavy atom. The predicted octanol–water partition coefficient (Wildman–Crippen LogP) is 1.46. The Hall–Kier alpha value is -0.900. The predicted molar refractivity (Wildman–Crippen MR) is 59.7 cm³/mol. The van der Waals surface area contributed by atoms with Gasteiger partial charge < -0.3 is 9.88 Å². The first kappa shape index (κ1) is 10.6. The van der Waals surface area contributed by atoms with E-state index in [1.807, 2.05) is 7.05 Å². The van der Waals surface area contributed by atoms with Crippen molar-refractivity contribution in [2.45, 2.75) is 51.6 Å². The third-order valence-electron chi connectivity index (χ3n) is 3.29. The number of hydrogen-bond donors (Lipinski definition) is 1. The molecule has 4 nitrogen and oxygen atoms in total. The zero-order chi connectivity index (χ0) is 10.9. The maximum Gasteiger partial charge on any atom is 0.152 e. The summed E-state index contributed by atoms with van der Waals surface area (Å²) in [5, 5.41) is 11.9. The van der Waals surface area contributed by atoms with E-state index in [-0.39, 0.29) is 5.54 Å². The summed E-state index contributed by atoms with van der Waals surface area (Å²) in [7, 11) is 1.97. The van der Waals surface area contributed by atoms with Gasteiger partial charge in [-0.05, 0) is 33.7 Å². The van der Waals surface area contributed by atoms with E-state index in [0.29, 0.717) is 0 Å². The molecule has 0 bridgehead atoms. The normalized spacial score (nSPS) is 17.3. The zero-order valence-corrected chi connectivity index (χ0v) is 9.88. The minimum absolute atomic E-state index is 0.0877. The van der Waals surface area contributed by atoms with Gasteiger partial charge in [-0.25, -0.2) is 0 Å². The number of aryl methyl sites for hydroxylation is 1. The molecule has 0 aromatic carbocycles. The van der Waals surface area contributed by atoms with E-state index in [4.69, 9.17) is 0 Å². The van der Waals surface area contributed by atoms with Crippen LogP contribution in [0.15, 0.2) is 0 Å². The summed E-state index contributed by atoms with van der Waals surface area (Å²) >= 11 is 0. The van der Waals surface area contributed by atoms with Crippen LogP contribution in [0.2, 0.25) is 0 Å². The molecule has 1 aliphatic rings. The van der Waals surface area contributed by atoms with Crippen molar-refractivity contribution >= 4 is 0 Å². The molecule has 2 rings (SSSR count). The average Bonchev–Trinajstić information content (AvgIpc) is 2.49. The second kappa shape index (κ2) is 3.93. The van der Waals surface area contributed by atoms with Gasteiger partial charge in [0.05, 0.1) is 5.54 Å². The van der Waals surface area contributed by atoms with Gasteiger partial charge in [0.25, 0.3) is 0 Å². The first-order valence-electron chi connectivity index (χ1n) is 5.76. The summed E-state index contributed by atoms with van der Waals surface area (Å²) in [6.45, 7) is 5.37. The molecule has 84 valence electrons. The quantitative estimate of drug-likeness (QED) is 0.800. The molecule has 0 spiro atoms. The van der Waals surface area contributed by atoms with Crippen molar-refractivity contribution in [2.75, 3.05) is 7.05 Å². The van der Waals surface area contributed by atoms with Crippen LogP contribution in [-0.4, -0.2) is 21.8 Å². The Bertz CT molecular complexity index is 340. The summed E-state index contributed by atoms with van der Waals surface area (Å²) in [6.07, 6.45) is 4.88. The third-order valence-corrected chi connectivity index (χ3v) is 3.29. The van der Waals surface area contributed by atoms with Crippen LogP contribution in [-0.2, 0) is 18.5 Å². The number of aromatic nitrogens is 3. The monoisotopic (exact) mass is 208 g/mol. The van der Waals surface area contributed by atoms with E-state index in [0.717, 1.165) is 24.6 Å². The molecule has 2 heterocycles. The van der Waals surface area contributed by atoms with E-state index in [9.17, 15) is 0 Å². The summed E-state index contributed by atoms with van der Waals surface area (Å²) in [4.78, 5) is 0. The summed E-state index contributed by atoms with van der Waals surface area (Å²) in [5.41, 5.74) is -0.0877. The van der Waals surface area contributed by atoms with Gasteiger partial charge in [-0.3, -0.25) is 0 Å². The largest absolute Gasteiger partial charge is 0.313 e. The van der Waals surface area contributed by atoms with Gasteiger partial charge in [0.15, 0.2) is 5.82 Å². The van der Waals surface area contributed by atoms with Gasteiger partial charge in [0.1, 0.15) is 5.82 Å². The highest BCUT2D eigenvalue weighted by atomic mass is 15.3. The first-order chi connectivity index (χ1) is 7.15. The SMILES string of the molecule is CNC(C)(C)c1nnc2n1CCCCC2. The average molecular weight is 208 g/mol. The molecule has 0 unspecified atom stereocenters. The number of nitrogens with zero attached hydrogens (tertiary/aromatic N) is 3. The van der Waals surface area contributed by atoms with Gasteiger partial charge in [-0.1, -0.05) is 6.42 Å². The van der Waals surface area contributed by atoms with Crippen LogP contribution < -0.4 is 5.32 Å². The smallest absolute Gasteiger partial charge is 0.152 e. The van der Waals surface area contributed by atoms with Crippen LogP contribution in [0.1, 0.15) is 44.8 Å². The van der Waals surface area contributed by atoms with Gasteiger partial charge in [-0.2, -0.15) is 0 Å². The molecule has 1 aromatic heterocycles. The van der Waals surface area contributed by atoms with Crippen molar-refractivity contribution in [3.05, 3.63) is 11.6 Å². The maximum atomic E-state index is 4.33. The van der Waals surface area contributed by atoms with Crippen LogP contribution in [0.25, 0.3) is 0 Å². The van der Waals surface area contributed by atoms with Crippen LogP contribution in [0.4, 0.5) is 0 Å². The van der Waals surface area contributed by atoms with Crippen molar-refractivity contribution in [3.63, 3.8) is 0 Å². The van der Waals surface area contributed by atoms with Crippen molar-refractivity contribution in [1.29, 1.82) is 0 Å². The Morgan fingerprint density at radius 2 is 2.00 bits per heavy atom. The Balaban J connectivity index is 2.37. The number of rotatable bonds is 2. The highest BCUT2D eigenvalue weighted by Gasteiger charge is 2.27. The summed E-state index contributed by atoms with van der Waals surface area (Å²) in [5.74, 6) is 2.23. The lowest BCUT2D eigenvalue weighted by Gasteiger charge is -2.23. The van der Waals surface area contributed by atoms with Gasteiger partial charge >= 0.3 is 0 Å². The number of nitrogens with one attached hydrogen (secondary N) is 1. The maximum absolute atomic E-state index is 4.33. The molecule has 0 aliphatic carbocycles. The molecule has 1 aromatic rings. The fourth-order valence-electron chi connectivity index (χ4n) is 2.06. The fourth-order valence-corrected chi connectivity index (χ4v) is 2.06. The van der Waals surface area contributed by atoms with Crippen LogP contribution in [0.3, 0.4) is 0 Å². The molecule has 0 radical (unpaired) electrons. The van der Waals surface area contributed by atoms with Crippen LogP contribution in [0, 0.1) is 0 Å². The highest BCUT2D eigenvalue weighted by molar-refractivity contribution is 5.07. The second-order valence-electron chi connectivity index (χ2n) is 4.78. The topological polar surface area (TPSA) is 42.7 Å². The lowest BCUT2D eigenvalue weighted by Crippen LogP contribution is -2.36. The zero-order valence-electron chi connectivity index (χ0n) is 9.88. The molecular formula is C11H20N4.